The van der Waals surface area contributed by atoms with Crippen molar-refractivity contribution in [1.82, 2.24) is 14.9 Å². The lowest BCUT2D eigenvalue weighted by atomic mass is 10.1. The van der Waals surface area contributed by atoms with E-state index in [4.69, 9.17) is 10.5 Å². The number of nitrogens with zero attached hydrogens (tertiary/aromatic N) is 3. The molecule has 1 aliphatic heterocycles. The van der Waals surface area contributed by atoms with E-state index in [1.165, 1.54) is 0 Å². The summed E-state index contributed by atoms with van der Waals surface area (Å²) in [6, 6.07) is 0. The smallest absolute Gasteiger partial charge is 0.410 e. The molecular weight excluding hydrogens is 244 g/mol. The summed E-state index contributed by atoms with van der Waals surface area (Å²) < 4.78 is 5.36. The van der Waals surface area contributed by atoms with Crippen LogP contribution in [-0.4, -0.2) is 26.6 Å². The fourth-order valence-corrected chi connectivity index (χ4v) is 2.09. The van der Waals surface area contributed by atoms with Gasteiger partial charge in [0, 0.05) is 5.56 Å². The third-order valence-corrected chi connectivity index (χ3v) is 2.87. The second-order valence-electron chi connectivity index (χ2n) is 5.64. The van der Waals surface area contributed by atoms with E-state index in [0.29, 0.717) is 13.1 Å². The third kappa shape index (κ3) is 2.94. The van der Waals surface area contributed by atoms with Gasteiger partial charge in [-0.1, -0.05) is 6.92 Å². The lowest BCUT2D eigenvalue weighted by molar-refractivity contribution is 0.0240. The number of fused-ring (bicyclic) bond motifs is 1. The minimum Gasteiger partial charge on any atom is -0.444 e. The molecule has 2 rings (SSSR count). The Kier molecular flexibility index (Phi) is 3.34. The Hall–Kier alpha value is -1.85. The number of hydrogen-bond donors (Lipinski definition) is 1. The number of ether oxygens (including phenoxy) is 1. The van der Waals surface area contributed by atoms with Crippen molar-refractivity contribution >= 4 is 12.0 Å². The second kappa shape index (κ2) is 4.68. The molecular formula is C13H20N4O2. The number of amides is 1. The van der Waals surface area contributed by atoms with Crippen LogP contribution in [0.2, 0.25) is 0 Å². The predicted octanol–water partition coefficient (Wildman–Crippen LogP) is 1.87. The SMILES string of the molecule is CCc1nc(N)nc2c1CN(C(=O)OC(C)(C)C)C2. The van der Waals surface area contributed by atoms with Crippen LogP contribution in [0, 0.1) is 0 Å². The number of hydrogen-bond acceptors (Lipinski definition) is 5. The molecule has 6 heteroatoms. The minimum absolute atomic E-state index is 0.265. The molecule has 1 aliphatic rings. The molecule has 6 nitrogen and oxygen atoms in total. The van der Waals surface area contributed by atoms with Gasteiger partial charge in [-0.3, -0.25) is 4.90 Å². The van der Waals surface area contributed by atoms with Crippen molar-refractivity contribution in [3.05, 3.63) is 17.0 Å². The van der Waals surface area contributed by atoms with Gasteiger partial charge in [-0.25, -0.2) is 14.8 Å². The van der Waals surface area contributed by atoms with Crippen molar-refractivity contribution in [2.75, 3.05) is 5.73 Å². The first-order valence-corrected chi connectivity index (χ1v) is 6.42. The quantitative estimate of drug-likeness (QED) is 0.837. The van der Waals surface area contributed by atoms with E-state index < -0.39 is 5.60 Å². The first-order valence-electron chi connectivity index (χ1n) is 6.42. The molecule has 1 aromatic heterocycles. The van der Waals surface area contributed by atoms with E-state index in [2.05, 4.69) is 9.97 Å². The maximum absolute atomic E-state index is 12.0. The molecule has 1 amide bonds. The summed E-state index contributed by atoms with van der Waals surface area (Å²) in [6.45, 7) is 8.49. The van der Waals surface area contributed by atoms with E-state index >= 15 is 0 Å². The number of nitrogens with two attached hydrogens (primary N) is 1. The molecule has 0 bridgehead atoms. The number of aromatic nitrogens is 2. The summed E-state index contributed by atoms with van der Waals surface area (Å²) >= 11 is 0. The summed E-state index contributed by atoms with van der Waals surface area (Å²) in [7, 11) is 0. The van der Waals surface area contributed by atoms with Gasteiger partial charge in [-0.15, -0.1) is 0 Å². The molecule has 19 heavy (non-hydrogen) atoms. The van der Waals surface area contributed by atoms with Crippen LogP contribution >= 0.6 is 0 Å². The van der Waals surface area contributed by atoms with Gasteiger partial charge in [0.25, 0.3) is 0 Å². The van der Waals surface area contributed by atoms with Crippen LogP contribution in [0.25, 0.3) is 0 Å². The molecule has 0 spiro atoms. The summed E-state index contributed by atoms with van der Waals surface area (Å²) in [5, 5.41) is 0. The first kappa shape index (κ1) is 13.6. The molecule has 0 aliphatic carbocycles. The molecule has 0 atom stereocenters. The van der Waals surface area contributed by atoms with E-state index in [0.717, 1.165) is 23.4 Å². The Morgan fingerprint density at radius 1 is 1.37 bits per heavy atom. The highest BCUT2D eigenvalue weighted by molar-refractivity contribution is 5.69. The molecule has 104 valence electrons. The normalized spacial score (nSPS) is 14.4. The van der Waals surface area contributed by atoms with Crippen molar-refractivity contribution in [1.29, 1.82) is 0 Å². The van der Waals surface area contributed by atoms with Crippen LogP contribution in [-0.2, 0) is 24.2 Å². The predicted molar refractivity (Wildman–Crippen MR) is 71.3 cm³/mol. The highest BCUT2D eigenvalue weighted by Crippen LogP contribution is 2.26. The Bertz CT molecular complexity index is 508. The zero-order valence-corrected chi connectivity index (χ0v) is 11.9. The number of anilines is 1. The maximum Gasteiger partial charge on any atom is 0.410 e. The molecule has 0 radical (unpaired) electrons. The third-order valence-electron chi connectivity index (χ3n) is 2.87. The van der Waals surface area contributed by atoms with Gasteiger partial charge in [0.15, 0.2) is 0 Å². The van der Waals surface area contributed by atoms with Crippen LogP contribution in [0.3, 0.4) is 0 Å². The fourth-order valence-electron chi connectivity index (χ4n) is 2.09. The van der Waals surface area contributed by atoms with Gasteiger partial charge in [-0.2, -0.15) is 0 Å². The summed E-state index contributed by atoms with van der Waals surface area (Å²) in [6.07, 6.45) is 0.447. The number of carbonyl (C=O) groups is 1. The van der Waals surface area contributed by atoms with Crippen LogP contribution in [0.1, 0.15) is 44.6 Å². The van der Waals surface area contributed by atoms with Crippen molar-refractivity contribution in [2.45, 2.75) is 52.8 Å². The summed E-state index contributed by atoms with van der Waals surface area (Å²) in [4.78, 5) is 22.1. The van der Waals surface area contributed by atoms with E-state index in [1.54, 1.807) is 4.90 Å². The molecule has 0 saturated heterocycles. The van der Waals surface area contributed by atoms with Gasteiger partial charge in [0.05, 0.1) is 24.5 Å². The van der Waals surface area contributed by atoms with Crippen molar-refractivity contribution in [3.63, 3.8) is 0 Å². The largest absolute Gasteiger partial charge is 0.444 e. The van der Waals surface area contributed by atoms with E-state index in [1.807, 2.05) is 27.7 Å². The molecule has 0 fully saturated rings. The van der Waals surface area contributed by atoms with Crippen molar-refractivity contribution in [3.8, 4) is 0 Å². The van der Waals surface area contributed by atoms with Crippen molar-refractivity contribution < 1.29 is 9.53 Å². The molecule has 2 heterocycles. The summed E-state index contributed by atoms with van der Waals surface area (Å²) in [5.74, 6) is 0.265. The molecule has 0 saturated carbocycles. The summed E-state index contributed by atoms with van der Waals surface area (Å²) in [5.41, 5.74) is 7.92. The Balaban J connectivity index is 2.18. The number of carbonyl (C=O) groups excluding carboxylic acids is 1. The fraction of sp³-hybridized carbons (Fsp3) is 0.615. The van der Waals surface area contributed by atoms with Gasteiger partial charge in [-0.05, 0) is 27.2 Å². The van der Waals surface area contributed by atoms with Crippen LogP contribution in [0.4, 0.5) is 10.7 Å². The molecule has 1 aromatic rings. The topological polar surface area (TPSA) is 81.3 Å². The number of aryl methyl sites for hydroxylation is 1. The van der Waals surface area contributed by atoms with Gasteiger partial charge < -0.3 is 10.5 Å². The highest BCUT2D eigenvalue weighted by atomic mass is 16.6. The number of nitrogen functional groups attached to an aromatic ring is 1. The lowest BCUT2D eigenvalue weighted by Crippen LogP contribution is -2.33. The highest BCUT2D eigenvalue weighted by Gasteiger charge is 2.30. The van der Waals surface area contributed by atoms with Gasteiger partial charge in [0.2, 0.25) is 5.95 Å². The van der Waals surface area contributed by atoms with Crippen molar-refractivity contribution in [2.24, 2.45) is 0 Å². The minimum atomic E-state index is -0.496. The Morgan fingerprint density at radius 3 is 2.63 bits per heavy atom. The van der Waals surface area contributed by atoms with E-state index in [-0.39, 0.29) is 12.0 Å². The standard InChI is InChI=1S/C13H20N4O2/c1-5-9-8-6-17(12(18)19-13(2,3)4)7-10(8)16-11(14)15-9/h5-7H2,1-4H3,(H2,14,15,16). The maximum atomic E-state index is 12.0. The molecule has 2 N–H and O–H groups in total. The second-order valence-corrected chi connectivity index (χ2v) is 5.64. The average Bonchev–Trinajstić information content (AvgIpc) is 2.69. The van der Waals surface area contributed by atoms with Gasteiger partial charge in [0.1, 0.15) is 5.60 Å². The first-order chi connectivity index (χ1) is 8.80. The zero-order chi connectivity index (χ0) is 14.2. The Morgan fingerprint density at radius 2 is 2.05 bits per heavy atom. The zero-order valence-electron chi connectivity index (χ0n) is 11.9. The van der Waals surface area contributed by atoms with Crippen LogP contribution in [0.5, 0.6) is 0 Å². The van der Waals surface area contributed by atoms with Gasteiger partial charge >= 0.3 is 6.09 Å². The lowest BCUT2D eigenvalue weighted by Gasteiger charge is -2.24. The van der Waals surface area contributed by atoms with Crippen LogP contribution in [0.15, 0.2) is 0 Å². The monoisotopic (exact) mass is 264 g/mol. The number of rotatable bonds is 1. The Labute approximate surface area is 113 Å². The van der Waals surface area contributed by atoms with E-state index in [9.17, 15) is 4.79 Å². The molecule has 0 aromatic carbocycles. The molecule has 0 unspecified atom stereocenters. The van der Waals surface area contributed by atoms with Crippen LogP contribution < -0.4 is 5.73 Å². The average molecular weight is 264 g/mol.